The summed E-state index contributed by atoms with van der Waals surface area (Å²) in [5.41, 5.74) is 7.60. The molecule has 3 N–H and O–H groups in total. The van der Waals surface area contributed by atoms with E-state index in [-0.39, 0.29) is 5.82 Å². The zero-order valence-corrected chi connectivity index (χ0v) is 9.40. The van der Waals surface area contributed by atoms with Crippen molar-refractivity contribution in [1.29, 1.82) is 0 Å². The van der Waals surface area contributed by atoms with Gasteiger partial charge in [0.05, 0.1) is 0 Å². The van der Waals surface area contributed by atoms with Crippen LogP contribution in [0.5, 0.6) is 0 Å². The highest BCUT2D eigenvalue weighted by Crippen LogP contribution is 2.12. The third kappa shape index (κ3) is 2.80. The van der Waals surface area contributed by atoms with Crippen LogP contribution in [0, 0.1) is 5.82 Å². The molecule has 0 aliphatic carbocycles. The molecule has 0 aliphatic rings. The molecule has 0 aliphatic heterocycles. The van der Waals surface area contributed by atoms with Gasteiger partial charge in [0, 0.05) is 11.3 Å². The van der Waals surface area contributed by atoms with Crippen molar-refractivity contribution >= 4 is 17.3 Å². The highest BCUT2D eigenvalue weighted by molar-refractivity contribution is 6.45. The number of allylic oxidation sites excluding steroid dienone is 2. The minimum Gasteiger partial charge on any atom is -0.401 e. The highest BCUT2D eigenvalue weighted by Gasteiger charge is 2.14. The molecule has 15 heavy (non-hydrogen) atoms. The number of hydrogen-bond donors (Lipinski definition) is 2. The zero-order valence-electron chi connectivity index (χ0n) is 8.64. The molecule has 0 atom stereocenters. The van der Waals surface area contributed by atoms with E-state index in [4.69, 9.17) is 17.3 Å². The third-order valence-corrected chi connectivity index (χ3v) is 2.44. The predicted octanol–water partition coefficient (Wildman–Crippen LogP) is 0.754. The first kappa shape index (κ1) is 11.7. The second-order valence-corrected chi connectivity index (χ2v) is 3.51. The van der Waals surface area contributed by atoms with Gasteiger partial charge in [0.2, 0.25) is 5.71 Å². The van der Waals surface area contributed by atoms with Crippen LogP contribution in [0.1, 0.15) is 12.5 Å². The molecule has 0 saturated heterocycles. The molecule has 1 rings (SSSR count). The Hall–Kier alpha value is -1.35. The van der Waals surface area contributed by atoms with E-state index in [1.165, 1.54) is 12.1 Å². The fourth-order valence-electron chi connectivity index (χ4n) is 1.19. The van der Waals surface area contributed by atoms with E-state index in [1.807, 2.05) is 0 Å². The molecule has 0 radical (unpaired) electrons. The Kier molecular flexibility index (Phi) is 3.86. The molecule has 0 heterocycles. The van der Waals surface area contributed by atoms with Crippen molar-refractivity contribution in [2.45, 2.75) is 6.92 Å². The van der Waals surface area contributed by atoms with E-state index in [0.717, 1.165) is 5.56 Å². The van der Waals surface area contributed by atoms with Crippen molar-refractivity contribution in [2.75, 3.05) is 7.05 Å². The maximum atomic E-state index is 12.7. The molecular formula is C11H13ClFN2+. The molecule has 0 saturated carbocycles. The zero-order chi connectivity index (χ0) is 11.4. The number of halogens is 2. The van der Waals surface area contributed by atoms with Gasteiger partial charge in [0.15, 0.2) is 0 Å². The Morgan fingerprint density at radius 2 is 1.87 bits per heavy atom. The third-order valence-electron chi connectivity index (χ3n) is 1.95. The van der Waals surface area contributed by atoms with Gasteiger partial charge in [0.1, 0.15) is 17.9 Å². The van der Waals surface area contributed by atoms with E-state index in [0.29, 0.717) is 16.4 Å². The lowest BCUT2D eigenvalue weighted by atomic mass is 10.1. The summed E-state index contributed by atoms with van der Waals surface area (Å²) in [5.74, 6) is -0.279. The summed E-state index contributed by atoms with van der Waals surface area (Å²) in [5, 5.41) is 0.448. The Morgan fingerprint density at radius 3 is 2.27 bits per heavy atom. The van der Waals surface area contributed by atoms with Gasteiger partial charge in [-0.1, -0.05) is 11.6 Å². The van der Waals surface area contributed by atoms with Gasteiger partial charge in [-0.05, 0) is 31.2 Å². The summed E-state index contributed by atoms with van der Waals surface area (Å²) < 4.78 is 12.7. The first-order valence-corrected chi connectivity index (χ1v) is 4.87. The van der Waals surface area contributed by atoms with Crippen molar-refractivity contribution in [1.82, 2.24) is 0 Å². The van der Waals surface area contributed by atoms with Gasteiger partial charge in [-0.15, -0.1) is 0 Å². The summed E-state index contributed by atoms with van der Waals surface area (Å²) in [6.07, 6.45) is 0. The monoisotopic (exact) mass is 227 g/mol. The van der Waals surface area contributed by atoms with Gasteiger partial charge < -0.3 is 5.73 Å². The molecule has 0 spiro atoms. The first-order chi connectivity index (χ1) is 7.06. The lowest BCUT2D eigenvalue weighted by Crippen LogP contribution is -2.68. The van der Waals surface area contributed by atoms with E-state index in [2.05, 4.69) is 4.99 Å². The summed E-state index contributed by atoms with van der Waals surface area (Å²) in [6.45, 7) is 1.71. The van der Waals surface area contributed by atoms with Crippen molar-refractivity contribution in [3.63, 3.8) is 0 Å². The number of nitrogens with two attached hydrogens (primary N) is 1. The number of rotatable bonds is 2. The summed E-state index contributed by atoms with van der Waals surface area (Å²) >= 11 is 6.02. The van der Waals surface area contributed by atoms with Crippen LogP contribution in [0.4, 0.5) is 4.39 Å². The fourth-order valence-corrected chi connectivity index (χ4v) is 1.40. The molecule has 0 fully saturated rings. The quantitative estimate of drug-likeness (QED) is 0.720. The topological polar surface area (TPSA) is 40.0 Å². The average Bonchev–Trinajstić information content (AvgIpc) is 2.21. The van der Waals surface area contributed by atoms with E-state index in [9.17, 15) is 4.39 Å². The molecular weight excluding hydrogens is 215 g/mol. The van der Waals surface area contributed by atoms with Crippen LogP contribution in [0.3, 0.4) is 0 Å². The lowest BCUT2D eigenvalue weighted by molar-refractivity contribution is -0.418. The smallest absolute Gasteiger partial charge is 0.225 e. The highest BCUT2D eigenvalue weighted by atomic mass is 35.5. The molecule has 0 bridgehead atoms. The van der Waals surface area contributed by atoms with Crippen molar-refractivity contribution in [3.8, 4) is 0 Å². The second-order valence-electron chi connectivity index (χ2n) is 3.13. The van der Waals surface area contributed by atoms with Crippen LogP contribution in [-0.4, -0.2) is 12.8 Å². The normalized spacial score (nSPS) is 13.7. The maximum absolute atomic E-state index is 12.7. The second kappa shape index (κ2) is 4.94. The summed E-state index contributed by atoms with van der Waals surface area (Å²) in [6, 6.07) is 6.05. The number of hydrogen-bond acceptors (Lipinski definition) is 1. The van der Waals surface area contributed by atoms with Crippen molar-refractivity contribution in [2.24, 2.45) is 5.73 Å². The van der Waals surface area contributed by atoms with Crippen LogP contribution >= 0.6 is 11.6 Å². The van der Waals surface area contributed by atoms with Crippen LogP contribution in [0.15, 0.2) is 35.0 Å². The largest absolute Gasteiger partial charge is 0.401 e. The molecule has 0 aromatic heterocycles. The predicted molar refractivity (Wildman–Crippen MR) is 60.1 cm³/mol. The average molecular weight is 228 g/mol. The fraction of sp³-hybridized carbons (Fsp3) is 0.182. The van der Waals surface area contributed by atoms with Gasteiger partial charge in [-0.2, -0.15) is 0 Å². The lowest BCUT2D eigenvalue weighted by Gasteiger charge is -2.01. The van der Waals surface area contributed by atoms with Crippen LogP contribution < -0.4 is 10.7 Å². The molecule has 0 amide bonds. The van der Waals surface area contributed by atoms with E-state index < -0.39 is 0 Å². The Bertz CT molecular complexity index is 403. The van der Waals surface area contributed by atoms with E-state index in [1.54, 1.807) is 26.1 Å². The standard InChI is InChI=1S/C11H12ClFN2/c1-7(14)10(12)11(15-2)8-3-5-9(13)6-4-8/h3-6H,14H2,1-2H3/p+1. The van der Waals surface area contributed by atoms with Crippen molar-refractivity contribution < 1.29 is 9.38 Å². The van der Waals surface area contributed by atoms with Crippen LogP contribution in [0.25, 0.3) is 0 Å². The minimum absolute atomic E-state index is 0.279. The maximum Gasteiger partial charge on any atom is 0.225 e. The molecule has 2 nitrogen and oxygen atoms in total. The molecule has 0 unspecified atom stereocenters. The van der Waals surface area contributed by atoms with Crippen LogP contribution in [0.2, 0.25) is 0 Å². The summed E-state index contributed by atoms with van der Waals surface area (Å²) in [7, 11) is 1.74. The summed E-state index contributed by atoms with van der Waals surface area (Å²) in [4.78, 5) is 2.94. The van der Waals surface area contributed by atoms with Gasteiger partial charge in [-0.25, -0.2) is 9.38 Å². The van der Waals surface area contributed by atoms with Crippen LogP contribution in [-0.2, 0) is 0 Å². The Morgan fingerprint density at radius 1 is 1.33 bits per heavy atom. The first-order valence-electron chi connectivity index (χ1n) is 4.49. The molecule has 1 aromatic carbocycles. The number of benzene rings is 1. The number of nitrogens with one attached hydrogen (secondary N) is 1. The van der Waals surface area contributed by atoms with Gasteiger partial charge in [0.25, 0.3) is 0 Å². The minimum atomic E-state index is -0.279. The van der Waals surface area contributed by atoms with Gasteiger partial charge in [-0.3, -0.25) is 0 Å². The molecule has 4 heteroatoms. The molecule has 1 aromatic rings. The van der Waals surface area contributed by atoms with Crippen molar-refractivity contribution in [3.05, 3.63) is 46.4 Å². The molecule has 80 valence electrons. The van der Waals surface area contributed by atoms with Gasteiger partial charge >= 0.3 is 0 Å². The van der Waals surface area contributed by atoms with E-state index >= 15 is 0 Å². The Balaban J connectivity index is 3.16. The SMILES string of the molecule is C[NH+]=C(C(Cl)=C(C)N)c1ccc(F)cc1. The Labute approximate surface area is 93.3 Å².